The Morgan fingerprint density at radius 1 is 0.833 bits per heavy atom. The summed E-state index contributed by atoms with van der Waals surface area (Å²) in [6.45, 7) is 0. The van der Waals surface area contributed by atoms with Crippen molar-refractivity contribution in [3.8, 4) is 0 Å². The molecule has 6 N–H and O–H groups in total. The van der Waals surface area contributed by atoms with Gasteiger partial charge in [-0.3, -0.25) is 0 Å². The maximum Gasteiger partial charge on any atom is 0.185 e. The number of nitrogens with zero attached hydrogens (tertiary/aromatic N) is 2. The van der Waals surface area contributed by atoms with Gasteiger partial charge in [-0.15, -0.1) is 0 Å². The van der Waals surface area contributed by atoms with Gasteiger partial charge < -0.3 is 10.9 Å². The SMILES string of the molecule is NNc1nc2ccc(C34CC5CC(CC(C5)C3)C4)cc2nc1NN. The summed E-state index contributed by atoms with van der Waals surface area (Å²) in [5.41, 5.74) is 8.66. The van der Waals surface area contributed by atoms with Crippen LogP contribution in [0.1, 0.15) is 44.1 Å². The minimum absolute atomic E-state index is 0.367. The number of hydrazine groups is 2. The van der Waals surface area contributed by atoms with Crippen molar-refractivity contribution in [2.75, 3.05) is 10.9 Å². The fraction of sp³-hybridized carbons (Fsp3) is 0.556. The van der Waals surface area contributed by atoms with Crippen molar-refractivity contribution >= 4 is 22.7 Å². The zero-order valence-corrected chi connectivity index (χ0v) is 13.8. The first-order chi connectivity index (χ1) is 11.7. The van der Waals surface area contributed by atoms with Crippen LogP contribution in [0.25, 0.3) is 11.0 Å². The molecule has 1 aromatic carbocycles. The molecule has 1 aromatic heterocycles. The molecule has 6 rings (SSSR count). The van der Waals surface area contributed by atoms with Crippen molar-refractivity contribution in [3.63, 3.8) is 0 Å². The van der Waals surface area contributed by atoms with E-state index in [0.29, 0.717) is 17.1 Å². The van der Waals surface area contributed by atoms with Crippen molar-refractivity contribution < 1.29 is 0 Å². The lowest BCUT2D eigenvalue weighted by Gasteiger charge is -2.57. The first-order valence-corrected chi connectivity index (χ1v) is 8.94. The van der Waals surface area contributed by atoms with Crippen LogP contribution in [0.4, 0.5) is 11.6 Å². The summed E-state index contributed by atoms with van der Waals surface area (Å²) in [6.07, 6.45) is 8.42. The van der Waals surface area contributed by atoms with Gasteiger partial charge in [0, 0.05) is 0 Å². The number of hydrogen-bond acceptors (Lipinski definition) is 6. The Balaban J connectivity index is 1.60. The highest BCUT2D eigenvalue weighted by Crippen LogP contribution is 2.60. The molecule has 0 atom stereocenters. The van der Waals surface area contributed by atoms with Crippen LogP contribution in [0.2, 0.25) is 0 Å². The van der Waals surface area contributed by atoms with Gasteiger partial charge in [0.1, 0.15) is 0 Å². The van der Waals surface area contributed by atoms with Gasteiger partial charge >= 0.3 is 0 Å². The zero-order valence-electron chi connectivity index (χ0n) is 13.8. The molecule has 24 heavy (non-hydrogen) atoms. The van der Waals surface area contributed by atoms with E-state index >= 15 is 0 Å². The Morgan fingerprint density at radius 2 is 1.38 bits per heavy atom. The number of nitrogen functional groups attached to an aromatic ring is 2. The number of nitrogens with two attached hydrogens (primary N) is 2. The molecule has 4 bridgehead atoms. The van der Waals surface area contributed by atoms with Crippen LogP contribution in [0, 0.1) is 17.8 Å². The van der Waals surface area contributed by atoms with E-state index in [1.54, 1.807) is 0 Å². The standard InChI is InChI=1S/C18H24N6/c19-23-16-17(24-20)22-15-6-13(1-2-14(15)21-16)18-7-10-3-11(8-18)5-12(4-10)9-18/h1-2,6,10-12H,3-5,7-9,19-20H2,(H,21,23)(H,22,24). The third kappa shape index (κ3) is 2.03. The summed E-state index contributed by atoms with van der Waals surface area (Å²) in [5.74, 6) is 14.8. The Hall–Kier alpha value is -1.92. The van der Waals surface area contributed by atoms with Crippen LogP contribution >= 0.6 is 0 Å². The molecule has 4 aliphatic carbocycles. The van der Waals surface area contributed by atoms with Gasteiger partial charge in [0.05, 0.1) is 11.0 Å². The second kappa shape index (κ2) is 5.04. The highest BCUT2D eigenvalue weighted by Gasteiger charge is 2.51. The summed E-state index contributed by atoms with van der Waals surface area (Å²) in [7, 11) is 0. The fourth-order valence-corrected chi connectivity index (χ4v) is 6.05. The van der Waals surface area contributed by atoms with Crippen LogP contribution in [0.3, 0.4) is 0 Å². The average molecular weight is 324 g/mol. The summed E-state index contributed by atoms with van der Waals surface area (Å²) >= 11 is 0. The Morgan fingerprint density at radius 3 is 1.92 bits per heavy atom. The topological polar surface area (TPSA) is 102 Å². The summed E-state index contributed by atoms with van der Waals surface area (Å²) < 4.78 is 0. The third-order valence-corrected chi connectivity index (χ3v) is 6.59. The largest absolute Gasteiger partial charge is 0.305 e. The minimum Gasteiger partial charge on any atom is -0.305 e. The predicted molar refractivity (Wildman–Crippen MR) is 95.0 cm³/mol. The molecule has 1 heterocycles. The van der Waals surface area contributed by atoms with Gasteiger partial charge in [0.25, 0.3) is 0 Å². The van der Waals surface area contributed by atoms with E-state index < -0.39 is 0 Å². The van der Waals surface area contributed by atoms with Crippen molar-refractivity contribution in [2.45, 2.75) is 43.9 Å². The van der Waals surface area contributed by atoms with E-state index in [-0.39, 0.29) is 0 Å². The van der Waals surface area contributed by atoms with E-state index in [1.807, 2.05) is 0 Å². The number of nitrogens with one attached hydrogen (secondary N) is 2. The monoisotopic (exact) mass is 324 g/mol. The minimum atomic E-state index is 0.367. The van der Waals surface area contributed by atoms with Crippen molar-refractivity contribution in [1.82, 2.24) is 9.97 Å². The molecule has 0 unspecified atom stereocenters. The summed E-state index contributed by atoms with van der Waals surface area (Å²) in [4.78, 5) is 9.12. The second-order valence-electron chi connectivity index (χ2n) is 8.11. The maximum absolute atomic E-state index is 5.55. The Kier molecular flexibility index (Phi) is 3.03. The molecule has 0 aliphatic heterocycles. The average Bonchev–Trinajstić information content (AvgIpc) is 2.58. The number of benzene rings is 1. The number of aromatic nitrogens is 2. The van der Waals surface area contributed by atoms with Gasteiger partial charge in [0.15, 0.2) is 11.6 Å². The van der Waals surface area contributed by atoms with Gasteiger partial charge in [-0.25, -0.2) is 21.7 Å². The fourth-order valence-electron chi connectivity index (χ4n) is 6.05. The molecule has 4 fully saturated rings. The van der Waals surface area contributed by atoms with E-state index in [2.05, 4.69) is 39.0 Å². The highest BCUT2D eigenvalue weighted by atomic mass is 15.3. The van der Waals surface area contributed by atoms with Crippen LogP contribution in [0.15, 0.2) is 18.2 Å². The van der Waals surface area contributed by atoms with E-state index in [0.717, 1.165) is 28.8 Å². The van der Waals surface area contributed by atoms with Crippen LogP contribution in [-0.4, -0.2) is 9.97 Å². The Labute approximate surface area is 141 Å². The first-order valence-electron chi connectivity index (χ1n) is 8.94. The van der Waals surface area contributed by atoms with E-state index in [1.165, 1.54) is 44.1 Å². The van der Waals surface area contributed by atoms with Crippen LogP contribution in [-0.2, 0) is 5.41 Å². The molecule has 0 amide bonds. The molecule has 2 aromatic rings. The number of rotatable bonds is 3. The lowest BCUT2D eigenvalue weighted by molar-refractivity contribution is -0.00513. The molecule has 0 saturated heterocycles. The van der Waals surface area contributed by atoms with Gasteiger partial charge in [-0.2, -0.15) is 0 Å². The van der Waals surface area contributed by atoms with Gasteiger partial charge in [0.2, 0.25) is 0 Å². The predicted octanol–water partition coefficient (Wildman–Crippen LogP) is 2.67. The van der Waals surface area contributed by atoms with E-state index in [9.17, 15) is 0 Å². The van der Waals surface area contributed by atoms with Crippen molar-refractivity contribution in [2.24, 2.45) is 29.4 Å². The number of fused-ring (bicyclic) bond motifs is 1. The smallest absolute Gasteiger partial charge is 0.185 e. The molecule has 6 nitrogen and oxygen atoms in total. The zero-order chi connectivity index (χ0) is 16.3. The summed E-state index contributed by atoms with van der Waals surface area (Å²) in [6, 6.07) is 6.58. The quantitative estimate of drug-likeness (QED) is 0.511. The Bertz CT molecular complexity index is 766. The molecular weight excluding hydrogens is 300 g/mol. The summed E-state index contributed by atoms with van der Waals surface area (Å²) in [5, 5.41) is 0. The molecule has 6 heteroatoms. The molecule has 0 spiro atoms. The lowest BCUT2D eigenvalue weighted by atomic mass is 9.48. The number of hydrogen-bond donors (Lipinski definition) is 4. The molecular formula is C18H24N6. The van der Waals surface area contributed by atoms with Crippen LogP contribution < -0.4 is 22.5 Å². The highest BCUT2D eigenvalue weighted by molar-refractivity contribution is 5.81. The second-order valence-corrected chi connectivity index (χ2v) is 8.11. The molecule has 126 valence electrons. The van der Waals surface area contributed by atoms with E-state index in [4.69, 9.17) is 11.7 Å². The normalized spacial score (nSPS) is 33.8. The maximum atomic E-state index is 5.55. The van der Waals surface area contributed by atoms with Crippen molar-refractivity contribution in [1.29, 1.82) is 0 Å². The molecule has 0 radical (unpaired) electrons. The molecule has 4 saturated carbocycles. The first kappa shape index (κ1) is 14.4. The van der Waals surface area contributed by atoms with Crippen LogP contribution in [0.5, 0.6) is 0 Å². The van der Waals surface area contributed by atoms with Gasteiger partial charge in [-0.1, -0.05) is 6.07 Å². The lowest BCUT2D eigenvalue weighted by Crippen LogP contribution is -2.48. The number of anilines is 2. The van der Waals surface area contributed by atoms with Gasteiger partial charge in [-0.05, 0) is 79.4 Å². The third-order valence-electron chi connectivity index (χ3n) is 6.59. The molecule has 4 aliphatic rings. The van der Waals surface area contributed by atoms with Crippen molar-refractivity contribution in [3.05, 3.63) is 23.8 Å².